The maximum atomic E-state index is 13.6. The molecule has 4 rings (SSSR count). The molecule has 0 saturated heterocycles. The number of nitrogens with two attached hydrogens (primary N) is 1. The molecular weight excluding hydrogens is 473 g/mol. The van der Waals surface area contributed by atoms with Crippen LogP contribution in [0.5, 0.6) is 5.75 Å². The van der Waals surface area contributed by atoms with Gasteiger partial charge in [-0.1, -0.05) is 0 Å². The fourth-order valence-electron chi connectivity index (χ4n) is 6.06. The number of benzene rings is 1. The number of phenols is 1. The number of alkyl halides is 1. The molecule has 0 radical (unpaired) electrons. The molecule has 1 aromatic carbocycles. The molecule has 5 atom stereocenters. The smallest absolute Gasteiger partial charge is 0.230 e. The highest BCUT2D eigenvalue weighted by Crippen LogP contribution is 2.53. The Morgan fingerprint density at radius 1 is 1.22 bits per heavy atom. The minimum atomic E-state index is -2.62. The Balaban J connectivity index is 1.87. The predicted octanol–water partition coefficient (Wildman–Crippen LogP) is 0.0562. The Hall–Kier alpha value is -3.02. The molecule has 0 aromatic heterocycles. The summed E-state index contributed by atoms with van der Waals surface area (Å²) in [7, 11) is 5.27. The normalized spacial score (nSPS) is 29.6. The summed E-state index contributed by atoms with van der Waals surface area (Å²) in [4.78, 5) is 42.0. The molecular formula is C25H32FN3O7. The molecule has 3 aliphatic carbocycles. The second-order valence-corrected chi connectivity index (χ2v) is 10.3. The number of fused-ring (bicyclic) bond motifs is 3. The summed E-state index contributed by atoms with van der Waals surface area (Å²) in [6, 6.07) is 1.76. The lowest BCUT2D eigenvalue weighted by Gasteiger charge is -2.48. The van der Waals surface area contributed by atoms with Crippen molar-refractivity contribution in [3.8, 4) is 5.75 Å². The van der Waals surface area contributed by atoms with Crippen LogP contribution in [0.25, 0.3) is 5.76 Å². The summed E-state index contributed by atoms with van der Waals surface area (Å²) in [5, 5.41) is 44.2. The number of nitrogens with zero attached hydrogens (tertiary/aromatic N) is 2. The molecule has 1 aromatic rings. The van der Waals surface area contributed by atoms with Gasteiger partial charge in [-0.2, -0.15) is 0 Å². The fraction of sp³-hybridized carbons (Fsp3) is 0.560. The number of Topliss-reactive ketones (excluding diaryl/α,β-unsaturated/α-hetero) is 2. The molecule has 2 fully saturated rings. The zero-order valence-electron chi connectivity index (χ0n) is 20.5. The topological polar surface area (TPSA) is 165 Å². The van der Waals surface area contributed by atoms with E-state index in [0.29, 0.717) is 16.8 Å². The number of rotatable bonds is 6. The van der Waals surface area contributed by atoms with Gasteiger partial charge < -0.3 is 31.1 Å². The second-order valence-electron chi connectivity index (χ2n) is 10.3. The second kappa shape index (κ2) is 9.13. The third-order valence-electron chi connectivity index (χ3n) is 7.83. The van der Waals surface area contributed by atoms with Crippen LogP contribution in [0.15, 0.2) is 11.6 Å². The summed E-state index contributed by atoms with van der Waals surface area (Å²) in [5.74, 6) is -7.45. The number of hydrogen-bond donors (Lipinski definition) is 5. The molecule has 0 spiro atoms. The molecule has 2 saturated carbocycles. The van der Waals surface area contributed by atoms with Crippen molar-refractivity contribution in [1.29, 1.82) is 0 Å². The van der Waals surface area contributed by atoms with E-state index in [4.69, 9.17) is 5.73 Å². The number of aliphatic hydroxyl groups excluding tert-OH is 2. The average Bonchev–Trinajstić information content (AvgIpc) is 2.77. The van der Waals surface area contributed by atoms with Gasteiger partial charge in [-0.25, -0.2) is 4.39 Å². The molecule has 0 heterocycles. The molecule has 1 amide bonds. The minimum Gasteiger partial charge on any atom is -0.507 e. The van der Waals surface area contributed by atoms with E-state index in [1.54, 1.807) is 32.1 Å². The van der Waals surface area contributed by atoms with E-state index in [1.165, 1.54) is 0 Å². The van der Waals surface area contributed by atoms with Gasteiger partial charge in [-0.3, -0.25) is 19.3 Å². The maximum absolute atomic E-state index is 13.6. The number of aliphatic hydroxyl groups is 3. The Morgan fingerprint density at radius 2 is 1.89 bits per heavy atom. The van der Waals surface area contributed by atoms with Gasteiger partial charge in [0.1, 0.15) is 24.1 Å². The summed E-state index contributed by atoms with van der Waals surface area (Å²) in [6.07, 6.45) is -1.26. The van der Waals surface area contributed by atoms with Crippen molar-refractivity contribution in [1.82, 2.24) is 4.90 Å². The minimum absolute atomic E-state index is 0.0289. The van der Waals surface area contributed by atoms with Gasteiger partial charge in [0, 0.05) is 49.9 Å². The molecule has 0 bridgehead atoms. The number of primary amides is 1. The van der Waals surface area contributed by atoms with Gasteiger partial charge in [0.25, 0.3) is 0 Å². The van der Waals surface area contributed by atoms with Crippen LogP contribution in [0.4, 0.5) is 10.1 Å². The Morgan fingerprint density at radius 3 is 2.47 bits per heavy atom. The third-order valence-corrected chi connectivity index (χ3v) is 7.83. The van der Waals surface area contributed by atoms with Gasteiger partial charge >= 0.3 is 0 Å². The number of ketones is 2. The van der Waals surface area contributed by atoms with Crippen LogP contribution in [-0.2, 0) is 27.3 Å². The van der Waals surface area contributed by atoms with Crippen molar-refractivity contribution in [3.05, 3.63) is 28.3 Å². The first kappa shape index (κ1) is 26.1. The van der Waals surface area contributed by atoms with E-state index in [0.717, 1.165) is 0 Å². The van der Waals surface area contributed by atoms with E-state index >= 15 is 0 Å². The third kappa shape index (κ3) is 3.77. The lowest BCUT2D eigenvalue weighted by atomic mass is 9.56. The van der Waals surface area contributed by atoms with Crippen molar-refractivity contribution in [2.45, 2.75) is 37.5 Å². The molecule has 11 heteroatoms. The van der Waals surface area contributed by atoms with Crippen molar-refractivity contribution in [3.63, 3.8) is 0 Å². The zero-order valence-corrected chi connectivity index (χ0v) is 20.5. The van der Waals surface area contributed by atoms with E-state index < -0.39 is 59.4 Å². The molecule has 196 valence electrons. The van der Waals surface area contributed by atoms with Crippen molar-refractivity contribution in [2.75, 3.05) is 39.3 Å². The number of amides is 1. The Kier molecular flexibility index (Phi) is 6.61. The summed E-state index contributed by atoms with van der Waals surface area (Å²) in [5.41, 5.74) is 4.19. The van der Waals surface area contributed by atoms with Gasteiger partial charge in [0.05, 0.1) is 11.7 Å². The Bertz CT molecular complexity index is 1170. The largest absolute Gasteiger partial charge is 0.507 e. The average molecular weight is 506 g/mol. The highest BCUT2D eigenvalue weighted by Gasteiger charge is 2.64. The number of halogens is 1. The maximum Gasteiger partial charge on any atom is 0.230 e. The van der Waals surface area contributed by atoms with Crippen molar-refractivity contribution in [2.24, 2.45) is 23.5 Å². The molecule has 36 heavy (non-hydrogen) atoms. The van der Waals surface area contributed by atoms with Crippen LogP contribution in [-0.4, -0.2) is 88.9 Å². The lowest BCUT2D eigenvalue weighted by Crippen LogP contribution is -2.66. The first-order valence-corrected chi connectivity index (χ1v) is 11.9. The monoisotopic (exact) mass is 505 g/mol. The Labute approximate surface area is 207 Å². The first-order valence-electron chi connectivity index (χ1n) is 11.9. The molecule has 0 aliphatic heterocycles. The van der Waals surface area contributed by atoms with Gasteiger partial charge in [-0.05, 0) is 43.9 Å². The van der Waals surface area contributed by atoms with Crippen LogP contribution in [0.2, 0.25) is 0 Å². The van der Waals surface area contributed by atoms with E-state index in [2.05, 4.69) is 0 Å². The lowest BCUT2D eigenvalue weighted by molar-refractivity contribution is -0.174. The number of aromatic hydroxyl groups is 1. The van der Waals surface area contributed by atoms with E-state index in [-0.39, 0.29) is 49.2 Å². The number of carbonyl (C=O) groups excluding carboxylic acids is 3. The first-order chi connectivity index (χ1) is 16.8. The fourth-order valence-corrected chi connectivity index (χ4v) is 6.06. The molecule has 10 nitrogen and oxygen atoms in total. The zero-order chi connectivity index (χ0) is 26.7. The van der Waals surface area contributed by atoms with Crippen LogP contribution in [0, 0.1) is 17.8 Å². The molecule has 3 aliphatic rings. The highest BCUT2D eigenvalue weighted by atomic mass is 19.1. The molecule has 6 N–H and O–H groups in total. The van der Waals surface area contributed by atoms with E-state index in [9.17, 15) is 39.2 Å². The number of carbonyl (C=O) groups is 3. The molecule has 2 unspecified atom stereocenters. The van der Waals surface area contributed by atoms with Crippen molar-refractivity contribution >= 4 is 28.9 Å². The number of anilines is 1. The van der Waals surface area contributed by atoms with Crippen molar-refractivity contribution < 1.29 is 39.2 Å². The summed E-state index contributed by atoms with van der Waals surface area (Å²) >= 11 is 0. The standard InChI is InChI=1S/C25H32FN3O7/c1-28(2)15-8-12(10-29(3)5-4-26)20(31)18-14(15)7-11-6-13-9-16(30)19(24(27)35)23(34)25(13,36)22(33)17(11)21(18)32/h8,11,13,16,19,30-32,36H,4-7,9-10H2,1-3H3,(H2,27,35)/t11-,13+,16?,19?,25+/m1/s1. The number of hydrogen-bond acceptors (Lipinski definition) is 9. The predicted molar refractivity (Wildman–Crippen MR) is 128 cm³/mol. The summed E-state index contributed by atoms with van der Waals surface area (Å²) in [6.45, 7) is -0.277. The summed E-state index contributed by atoms with van der Waals surface area (Å²) < 4.78 is 12.8. The van der Waals surface area contributed by atoms with Gasteiger partial charge in [0.2, 0.25) is 11.7 Å². The highest BCUT2D eigenvalue weighted by molar-refractivity contribution is 6.24. The quantitative estimate of drug-likeness (QED) is 0.336. The van der Waals surface area contributed by atoms with Crippen LogP contribution >= 0.6 is 0 Å². The van der Waals surface area contributed by atoms with Gasteiger partial charge in [0.15, 0.2) is 11.4 Å². The van der Waals surface area contributed by atoms with Crippen LogP contribution in [0.1, 0.15) is 29.5 Å². The van der Waals surface area contributed by atoms with Crippen LogP contribution < -0.4 is 10.6 Å². The van der Waals surface area contributed by atoms with Crippen LogP contribution in [0.3, 0.4) is 0 Å². The van der Waals surface area contributed by atoms with E-state index in [1.807, 2.05) is 4.90 Å². The SMILES string of the molecule is CN(CCF)Cc1cc(N(C)C)c2c(c1O)C(O)=C1C(=O)[C@]3(O)C(=O)C(C(N)=O)C(O)C[C@@H]3C[C@@H]1C2. The van der Waals surface area contributed by atoms with Gasteiger partial charge in [-0.15, -0.1) is 0 Å². The number of phenolic OH excluding ortho intramolecular Hbond substituents is 1.